The Balaban J connectivity index is 3.97. The number of carboxylic acids is 1. The zero-order chi connectivity index (χ0) is 8.85. The lowest BCUT2D eigenvalue weighted by Gasteiger charge is -2.13. The van der Waals surface area contributed by atoms with Gasteiger partial charge in [-0.25, -0.2) is 4.39 Å². The zero-order valence-electron chi connectivity index (χ0n) is 6.71. The summed E-state index contributed by atoms with van der Waals surface area (Å²) in [6.45, 7) is 1.54. The van der Waals surface area contributed by atoms with Gasteiger partial charge >= 0.3 is 5.97 Å². The number of rotatable bonds is 5. The molecule has 1 N–H and O–H groups in total. The maximum Gasteiger partial charge on any atom is 0.311 e. The van der Waals surface area contributed by atoms with E-state index in [1.807, 2.05) is 0 Å². The van der Waals surface area contributed by atoms with Crippen molar-refractivity contribution in [1.29, 1.82) is 0 Å². The second kappa shape index (κ2) is 5.07. The van der Waals surface area contributed by atoms with E-state index in [1.54, 1.807) is 6.92 Å². The number of ether oxygens (including phenoxy) is 1. The van der Waals surface area contributed by atoms with E-state index in [-0.39, 0.29) is 13.0 Å². The maximum atomic E-state index is 12.8. The first-order valence-electron chi connectivity index (χ1n) is 3.49. The van der Waals surface area contributed by atoms with Gasteiger partial charge in [0.25, 0.3) is 0 Å². The SMILES string of the molecule is CCC(F)C(COC)C(=O)O. The Labute approximate surface area is 65.2 Å². The predicted octanol–water partition coefficient (Wildman–Crippen LogP) is 1.08. The summed E-state index contributed by atoms with van der Waals surface area (Å²) >= 11 is 0. The molecular formula is C7H13FO3. The monoisotopic (exact) mass is 164 g/mol. The molecule has 4 heteroatoms. The normalized spacial score (nSPS) is 15.9. The third-order valence-electron chi connectivity index (χ3n) is 1.49. The second-order valence-electron chi connectivity index (χ2n) is 2.32. The van der Waals surface area contributed by atoms with Crippen LogP contribution in [0.4, 0.5) is 4.39 Å². The van der Waals surface area contributed by atoms with Crippen molar-refractivity contribution in [2.45, 2.75) is 19.5 Å². The van der Waals surface area contributed by atoms with E-state index >= 15 is 0 Å². The van der Waals surface area contributed by atoms with E-state index in [1.165, 1.54) is 7.11 Å². The second-order valence-corrected chi connectivity index (χ2v) is 2.32. The number of aliphatic carboxylic acids is 1. The van der Waals surface area contributed by atoms with E-state index in [9.17, 15) is 9.18 Å². The van der Waals surface area contributed by atoms with Crippen LogP contribution in [-0.2, 0) is 9.53 Å². The highest BCUT2D eigenvalue weighted by atomic mass is 19.1. The molecule has 0 bridgehead atoms. The molecule has 0 aromatic carbocycles. The summed E-state index contributed by atoms with van der Waals surface area (Å²) in [6.07, 6.45) is -1.10. The van der Waals surface area contributed by atoms with Gasteiger partial charge in [-0.3, -0.25) is 4.79 Å². The molecule has 0 aliphatic rings. The maximum absolute atomic E-state index is 12.8. The zero-order valence-corrected chi connectivity index (χ0v) is 6.71. The Morgan fingerprint density at radius 2 is 2.27 bits per heavy atom. The number of hydrogen-bond donors (Lipinski definition) is 1. The molecule has 0 rings (SSSR count). The van der Waals surface area contributed by atoms with Crippen LogP contribution in [0.5, 0.6) is 0 Å². The quantitative estimate of drug-likeness (QED) is 0.661. The molecule has 0 spiro atoms. The topological polar surface area (TPSA) is 46.5 Å². The van der Waals surface area contributed by atoms with E-state index in [0.29, 0.717) is 0 Å². The first-order chi connectivity index (χ1) is 5.13. The van der Waals surface area contributed by atoms with Crippen LogP contribution in [-0.4, -0.2) is 31.0 Å². The van der Waals surface area contributed by atoms with Gasteiger partial charge in [0, 0.05) is 7.11 Å². The van der Waals surface area contributed by atoms with Crippen LogP contribution in [0.1, 0.15) is 13.3 Å². The Morgan fingerprint density at radius 1 is 1.73 bits per heavy atom. The van der Waals surface area contributed by atoms with Crippen molar-refractivity contribution in [3.63, 3.8) is 0 Å². The fraction of sp³-hybridized carbons (Fsp3) is 0.857. The summed E-state index contributed by atoms with van der Waals surface area (Å²) in [5, 5.41) is 8.49. The van der Waals surface area contributed by atoms with Crippen LogP contribution < -0.4 is 0 Å². The van der Waals surface area contributed by atoms with Gasteiger partial charge in [-0.2, -0.15) is 0 Å². The molecule has 0 aromatic rings. The van der Waals surface area contributed by atoms with Gasteiger partial charge in [-0.05, 0) is 6.42 Å². The molecule has 2 atom stereocenters. The number of halogens is 1. The van der Waals surface area contributed by atoms with Crippen LogP contribution in [0.25, 0.3) is 0 Å². The largest absolute Gasteiger partial charge is 0.481 e. The van der Waals surface area contributed by atoms with Crippen molar-refractivity contribution in [2.24, 2.45) is 5.92 Å². The van der Waals surface area contributed by atoms with Crippen molar-refractivity contribution in [3.05, 3.63) is 0 Å². The number of carbonyl (C=O) groups is 1. The summed E-state index contributed by atoms with van der Waals surface area (Å²) in [5.74, 6) is -2.16. The van der Waals surface area contributed by atoms with Gasteiger partial charge in [-0.1, -0.05) is 6.92 Å². The Hall–Kier alpha value is -0.640. The minimum atomic E-state index is -1.31. The molecule has 11 heavy (non-hydrogen) atoms. The molecule has 2 unspecified atom stereocenters. The van der Waals surface area contributed by atoms with Crippen LogP contribution in [0.2, 0.25) is 0 Å². The third-order valence-corrected chi connectivity index (χ3v) is 1.49. The minimum absolute atomic E-state index is 0.0651. The molecule has 0 radical (unpaired) electrons. The van der Waals surface area contributed by atoms with E-state index < -0.39 is 18.1 Å². The molecule has 0 heterocycles. The van der Waals surface area contributed by atoms with Crippen LogP contribution in [0, 0.1) is 5.92 Å². The molecule has 0 aliphatic heterocycles. The number of methoxy groups -OCH3 is 1. The third kappa shape index (κ3) is 3.32. The highest BCUT2D eigenvalue weighted by molar-refractivity contribution is 5.70. The van der Waals surface area contributed by atoms with Crippen molar-refractivity contribution in [1.82, 2.24) is 0 Å². The molecule has 0 aliphatic carbocycles. The van der Waals surface area contributed by atoms with Crippen LogP contribution in [0.15, 0.2) is 0 Å². The molecule has 0 saturated heterocycles. The molecule has 3 nitrogen and oxygen atoms in total. The first-order valence-corrected chi connectivity index (χ1v) is 3.49. The average molecular weight is 164 g/mol. The van der Waals surface area contributed by atoms with Crippen LogP contribution in [0.3, 0.4) is 0 Å². The van der Waals surface area contributed by atoms with Gasteiger partial charge in [0.15, 0.2) is 0 Å². The molecule has 0 fully saturated rings. The standard InChI is InChI=1S/C7H13FO3/c1-3-6(8)5(4-11-2)7(9)10/h5-6H,3-4H2,1-2H3,(H,9,10). The Morgan fingerprint density at radius 3 is 2.55 bits per heavy atom. The summed E-state index contributed by atoms with van der Waals surface area (Å²) in [7, 11) is 1.36. The highest BCUT2D eigenvalue weighted by Gasteiger charge is 2.26. The lowest BCUT2D eigenvalue weighted by Crippen LogP contribution is -2.28. The van der Waals surface area contributed by atoms with E-state index in [4.69, 9.17) is 5.11 Å². The van der Waals surface area contributed by atoms with Gasteiger partial charge in [0.05, 0.1) is 6.61 Å². The molecule has 66 valence electrons. The first kappa shape index (κ1) is 10.4. The Bertz CT molecular complexity index is 127. The summed E-state index contributed by atoms with van der Waals surface area (Å²) in [5.41, 5.74) is 0. The molecular weight excluding hydrogens is 151 g/mol. The Kier molecular flexibility index (Phi) is 4.77. The number of carboxylic acid groups (broad SMARTS) is 1. The number of alkyl halides is 1. The predicted molar refractivity (Wildman–Crippen MR) is 38.2 cm³/mol. The fourth-order valence-electron chi connectivity index (χ4n) is 0.794. The van der Waals surface area contributed by atoms with E-state index in [0.717, 1.165) is 0 Å². The summed E-state index contributed by atoms with van der Waals surface area (Å²) < 4.78 is 17.3. The summed E-state index contributed by atoms with van der Waals surface area (Å²) in [4.78, 5) is 10.4. The summed E-state index contributed by atoms with van der Waals surface area (Å²) in [6, 6.07) is 0. The number of hydrogen-bond acceptors (Lipinski definition) is 2. The molecule has 0 amide bonds. The minimum Gasteiger partial charge on any atom is -0.481 e. The van der Waals surface area contributed by atoms with E-state index in [2.05, 4.69) is 4.74 Å². The smallest absolute Gasteiger partial charge is 0.311 e. The molecule has 0 aromatic heterocycles. The van der Waals surface area contributed by atoms with Gasteiger partial charge in [0.1, 0.15) is 12.1 Å². The van der Waals surface area contributed by atoms with Gasteiger partial charge in [-0.15, -0.1) is 0 Å². The fourth-order valence-corrected chi connectivity index (χ4v) is 0.794. The van der Waals surface area contributed by atoms with Crippen molar-refractivity contribution in [3.8, 4) is 0 Å². The van der Waals surface area contributed by atoms with Gasteiger partial charge in [0.2, 0.25) is 0 Å². The van der Waals surface area contributed by atoms with Gasteiger partial charge < -0.3 is 9.84 Å². The molecule has 0 saturated carbocycles. The van der Waals surface area contributed by atoms with Crippen LogP contribution >= 0.6 is 0 Å². The van der Waals surface area contributed by atoms with Crippen molar-refractivity contribution < 1.29 is 19.0 Å². The highest BCUT2D eigenvalue weighted by Crippen LogP contribution is 2.12. The lowest BCUT2D eigenvalue weighted by atomic mass is 10.0. The van der Waals surface area contributed by atoms with Crippen molar-refractivity contribution in [2.75, 3.05) is 13.7 Å². The average Bonchev–Trinajstić information content (AvgIpc) is 1.98. The van der Waals surface area contributed by atoms with Crippen molar-refractivity contribution >= 4 is 5.97 Å². The lowest BCUT2D eigenvalue weighted by molar-refractivity contribution is -0.146.